The van der Waals surface area contributed by atoms with E-state index in [4.69, 9.17) is 9.15 Å². The molecule has 1 aromatic heterocycles. The molecule has 2 aromatic rings. The molecule has 0 fully saturated rings. The van der Waals surface area contributed by atoms with Crippen molar-refractivity contribution in [3.63, 3.8) is 0 Å². The van der Waals surface area contributed by atoms with Crippen molar-refractivity contribution in [2.45, 2.75) is 26.7 Å². The average molecular weight is 260 g/mol. The van der Waals surface area contributed by atoms with Crippen molar-refractivity contribution in [1.82, 2.24) is 0 Å². The molecule has 0 bridgehead atoms. The van der Waals surface area contributed by atoms with Gasteiger partial charge in [0.25, 0.3) is 0 Å². The summed E-state index contributed by atoms with van der Waals surface area (Å²) in [4.78, 5) is 12.0. The van der Waals surface area contributed by atoms with E-state index >= 15 is 0 Å². The Morgan fingerprint density at radius 2 is 2.16 bits per heavy atom. The third-order valence-corrected chi connectivity index (χ3v) is 3.59. The maximum absolute atomic E-state index is 12.0. The number of phenolic OH excluding ortho intramolecular Hbond substituents is 1. The van der Waals surface area contributed by atoms with Crippen molar-refractivity contribution in [2.24, 2.45) is 5.92 Å². The van der Waals surface area contributed by atoms with E-state index in [0.717, 1.165) is 6.42 Å². The fourth-order valence-electron chi connectivity index (χ4n) is 2.52. The zero-order valence-corrected chi connectivity index (χ0v) is 11.0. The molecule has 0 saturated heterocycles. The largest absolute Gasteiger partial charge is 0.507 e. The van der Waals surface area contributed by atoms with E-state index in [-0.39, 0.29) is 16.6 Å². The number of aryl methyl sites for hydroxylation is 1. The SMILES string of the molecule is Cc1cc(=O)c2c(O)c3c(cc2o1)OCC(C)CC3. The third-order valence-electron chi connectivity index (χ3n) is 3.59. The molecule has 3 rings (SSSR count). The summed E-state index contributed by atoms with van der Waals surface area (Å²) in [6.07, 6.45) is 1.65. The predicted octanol–water partition coefficient (Wildman–Crippen LogP) is 2.77. The number of benzene rings is 1. The predicted molar refractivity (Wildman–Crippen MR) is 71.9 cm³/mol. The fraction of sp³-hybridized carbons (Fsp3) is 0.400. The minimum atomic E-state index is -0.212. The molecule has 0 radical (unpaired) electrons. The lowest BCUT2D eigenvalue weighted by Gasteiger charge is -2.11. The van der Waals surface area contributed by atoms with Crippen LogP contribution in [0.5, 0.6) is 11.5 Å². The molecule has 4 nitrogen and oxygen atoms in total. The van der Waals surface area contributed by atoms with Gasteiger partial charge in [-0.2, -0.15) is 0 Å². The lowest BCUT2D eigenvalue weighted by atomic mass is 10.00. The van der Waals surface area contributed by atoms with E-state index in [0.29, 0.717) is 41.6 Å². The molecule has 0 amide bonds. The second kappa shape index (κ2) is 4.30. The zero-order chi connectivity index (χ0) is 13.6. The molecule has 0 spiro atoms. The van der Waals surface area contributed by atoms with Gasteiger partial charge in [0.2, 0.25) is 0 Å². The topological polar surface area (TPSA) is 59.7 Å². The van der Waals surface area contributed by atoms with Gasteiger partial charge in [0.05, 0.1) is 6.61 Å². The maximum atomic E-state index is 12.0. The van der Waals surface area contributed by atoms with Crippen LogP contribution in [0.2, 0.25) is 0 Å². The molecule has 0 saturated carbocycles. The summed E-state index contributed by atoms with van der Waals surface area (Å²) in [7, 11) is 0. The first-order valence-electron chi connectivity index (χ1n) is 6.48. The van der Waals surface area contributed by atoms with Gasteiger partial charge < -0.3 is 14.3 Å². The molecule has 1 N–H and O–H groups in total. The summed E-state index contributed by atoms with van der Waals surface area (Å²) in [5, 5.41) is 10.6. The Morgan fingerprint density at radius 1 is 1.37 bits per heavy atom. The third kappa shape index (κ3) is 1.97. The molecule has 100 valence electrons. The Bertz CT molecular complexity index is 699. The highest BCUT2D eigenvalue weighted by atomic mass is 16.5. The molecule has 2 heterocycles. The molecule has 1 aliphatic rings. The van der Waals surface area contributed by atoms with Gasteiger partial charge in [-0.3, -0.25) is 4.79 Å². The highest BCUT2D eigenvalue weighted by Gasteiger charge is 2.21. The maximum Gasteiger partial charge on any atom is 0.196 e. The fourth-order valence-corrected chi connectivity index (χ4v) is 2.52. The lowest BCUT2D eigenvalue weighted by molar-refractivity contribution is 0.265. The summed E-state index contributed by atoms with van der Waals surface area (Å²) >= 11 is 0. The van der Waals surface area contributed by atoms with Gasteiger partial charge in [-0.25, -0.2) is 0 Å². The second-order valence-electron chi connectivity index (χ2n) is 5.25. The minimum absolute atomic E-state index is 0.00958. The van der Waals surface area contributed by atoms with Crippen LogP contribution in [-0.2, 0) is 6.42 Å². The van der Waals surface area contributed by atoms with Crippen LogP contribution in [0.4, 0.5) is 0 Å². The Kier molecular flexibility index (Phi) is 2.73. The first-order valence-corrected chi connectivity index (χ1v) is 6.48. The van der Waals surface area contributed by atoms with Gasteiger partial charge >= 0.3 is 0 Å². The monoisotopic (exact) mass is 260 g/mol. The number of hydrogen-bond donors (Lipinski definition) is 1. The zero-order valence-electron chi connectivity index (χ0n) is 11.0. The van der Waals surface area contributed by atoms with E-state index < -0.39 is 0 Å². The second-order valence-corrected chi connectivity index (χ2v) is 5.25. The van der Waals surface area contributed by atoms with Gasteiger partial charge in [-0.05, 0) is 25.7 Å². The van der Waals surface area contributed by atoms with Crippen molar-refractivity contribution in [1.29, 1.82) is 0 Å². The van der Waals surface area contributed by atoms with Crippen LogP contribution in [0, 0.1) is 12.8 Å². The molecule has 1 unspecified atom stereocenters. The molecular weight excluding hydrogens is 244 g/mol. The van der Waals surface area contributed by atoms with Gasteiger partial charge in [0.1, 0.15) is 28.2 Å². The van der Waals surface area contributed by atoms with Crippen LogP contribution >= 0.6 is 0 Å². The number of phenols is 1. The van der Waals surface area contributed by atoms with Crippen LogP contribution in [-0.4, -0.2) is 11.7 Å². The number of hydrogen-bond acceptors (Lipinski definition) is 4. The molecule has 4 heteroatoms. The smallest absolute Gasteiger partial charge is 0.196 e. The average Bonchev–Trinajstić information content (AvgIpc) is 2.51. The van der Waals surface area contributed by atoms with Crippen molar-refractivity contribution in [2.75, 3.05) is 6.61 Å². The van der Waals surface area contributed by atoms with Crippen molar-refractivity contribution in [3.8, 4) is 11.5 Å². The van der Waals surface area contributed by atoms with E-state index in [1.807, 2.05) is 0 Å². The first-order chi connectivity index (χ1) is 9.06. The van der Waals surface area contributed by atoms with Gasteiger partial charge in [0, 0.05) is 17.7 Å². The summed E-state index contributed by atoms with van der Waals surface area (Å²) in [5.41, 5.74) is 0.889. The van der Waals surface area contributed by atoms with Gasteiger partial charge in [-0.15, -0.1) is 0 Å². The summed E-state index contributed by atoms with van der Waals surface area (Å²) in [6, 6.07) is 3.12. The van der Waals surface area contributed by atoms with E-state index in [1.54, 1.807) is 13.0 Å². The van der Waals surface area contributed by atoms with Crippen LogP contribution in [0.3, 0.4) is 0 Å². The number of rotatable bonds is 0. The van der Waals surface area contributed by atoms with Crippen molar-refractivity contribution >= 4 is 11.0 Å². The molecule has 0 aliphatic carbocycles. The Balaban J connectivity index is 2.31. The van der Waals surface area contributed by atoms with E-state index in [1.165, 1.54) is 6.07 Å². The summed E-state index contributed by atoms with van der Waals surface area (Å²) in [5.74, 6) is 1.59. The normalized spacial score (nSPS) is 18.7. The Hall–Kier alpha value is -1.97. The van der Waals surface area contributed by atoms with Gasteiger partial charge in [0.15, 0.2) is 5.43 Å². The molecule has 1 aliphatic heterocycles. The van der Waals surface area contributed by atoms with Crippen LogP contribution in [0.25, 0.3) is 11.0 Å². The Labute approximate surface area is 110 Å². The number of ether oxygens (including phenoxy) is 1. The molecule has 1 atom stereocenters. The van der Waals surface area contributed by atoms with Crippen LogP contribution in [0.15, 0.2) is 21.3 Å². The standard InChI is InChI=1S/C15H16O4/c1-8-3-4-10-12(18-7-8)6-13-14(15(10)17)11(16)5-9(2)19-13/h5-6,8,17H,3-4,7H2,1-2H3. The minimum Gasteiger partial charge on any atom is -0.507 e. The van der Waals surface area contributed by atoms with E-state index in [2.05, 4.69) is 6.92 Å². The highest BCUT2D eigenvalue weighted by molar-refractivity contribution is 5.86. The van der Waals surface area contributed by atoms with Crippen molar-refractivity contribution < 1.29 is 14.3 Å². The van der Waals surface area contributed by atoms with Crippen molar-refractivity contribution in [3.05, 3.63) is 33.7 Å². The first kappa shape index (κ1) is 12.1. The number of fused-ring (bicyclic) bond motifs is 2. The molecule has 1 aromatic carbocycles. The van der Waals surface area contributed by atoms with E-state index in [9.17, 15) is 9.90 Å². The lowest BCUT2D eigenvalue weighted by Crippen LogP contribution is -2.05. The quantitative estimate of drug-likeness (QED) is 0.791. The number of aromatic hydroxyl groups is 1. The highest BCUT2D eigenvalue weighted by Crippen LogP contribution is 2.38. The summed E-state index contributed by atoms with van der Waals surface area (Å²) < 4.78 is 11.2. The Morgan fingerprint density at radius 3 is 2.95 bits per heavy atom. The summed E-state index contributed by atoms with van der Waals surface area (Å²) in [6.45, 7) is 4.44. The molecular formula is C15H16O4. The van der Waals surface area contributed by atoms with Crippen LogP contribution in [0.1, 0.15) is 24.7 Å². The van der Waals surface area contributed by atoms with Crippen LogP contribution < -0.4 is 10.2 Å². The van der Waals surface area contributed by atoms with Gasteiger partial charge in [-0.1, -0.05) is 6.92 Å². The molecule has 19 heavy (non-hydrogen) atoms.